The van der Waals surface area contributed by atoms with Gasteiger partial charge in [-0.1, -0.05) is 12.2 Å². The molecule has 3 N–H and O–H groups in total. The number of thiocarbonyl (C=S) groups is 1. The number of nitrogens with one attached hydrogen (secondary N) is 1. The van der Waals surface area contributed by atoms with Crippen LogP contribution in [0.2, 0.25) is 0 Å². The summed E-state index contributed by atoms with van der Waals surface area (Å²) < 4.78 is 26.0. The van der Waals surface area contributed by atoms with E-state index in [1.54, 1.807) is 18.3 Å². The van der Waals surface area contributed by atoms with Crippen LogP contribution < -0.4 is 11.1 Å². The molecule has 0 aliphatic carbocycles. The molecule has 1 aromatic carbocycles. The van der Waals surface area contributed by atoms with E-state index in [1.165, 1.54) is 12.1 Å². The zero-order chi connectivity index (χ0) is 14.5. The van der Waals surface area contributed by atoms with Crippen molar-refractivity contribution in [2.24, 2.45) is 5.73 Å². The van der Waals surface area contributed by atoms with Gasteiger partial charge in [-0.3, -0.25) is 4.98 Å². The third kappa shape index (κ3) is 3.96. The van der Waals surface area contributed by atoms with E-state index >= 15 is 0 Å². The van der Waals surface area contributed by atoms with Gasteiger partial charge in [0.1, 0.15) is 16.6 Å². The molecule has 3 nitrogen and oxygen atoms in total. The highest BCUT2D eigenvalue weighted by atomic mass is 32.1. The Morgan fingerprint density at radius 1 is 1.20 bits per heavy atom. The number of nitrogens with two attached hydrogens (primary N) is 1. The first-order valence-corrected chi connectivity index (χ1v) is 6.40. The molecule has 6 heteroatoms. The SMILES string of the molecule is NC(=S)c1ccc(NCCc2cc(F)cc(F)c2)cn1. The number of rotatable bonds is 5. The minimum atomic E-state index is -0.567. The normalized spacial score (nSPS) is 10.3. The van der Waals surface area contributed by atoms with Crippen LogP contribution in [-0.4, -0.2) is 16.5 Å². The number of halogens is 2. The number of nitrogens with zero attached hydrogens (tertiary/aromatic N) is 1. The smallest absolute Gasteiger partial charge is 0.126 e. The van der Waals surface area contributed by atoms with Gasteiger partial charge >= 0.3 is 0 Å². The van der Waals surface area contributed by atoms with Gasteiger partial charge in [0.05, 0.1) is 17.6 Å². The molecule has 0 unspecified atom stereocenters. The number of anilines is 1. The maximum absolute atomic E-state index is 13.0. The van der Waals surface area contributed by atoms with Gasteiger partial charge in [-0.25, -0.2) is 8.78 Å². The Morgan fingerprint density at radius 3 is 2.45 bits per heavy atom. The van der Waals surface area contributed by atoms with Crippen LogP contribution in [0.3, 0.4) is 0 Å². The molecule has 1 aromatic heterocycles. The van der Waals surface area contributed by atoms with Crippen molar-refractivity contribution < 1.29 is 8.78 Å². The molecule has 20 heavy (non-hydrogen) atoms. The van der Waals surface area contributed by atoms with Gasteiger partial charge in [0, 0.05) is 12.6 Å². The lowest BCUT2D eigenvalue weighted by Crippen LogP contribution is -2.12. The van der Waals surface area contributed by atoms with Gasteiger partial charge < -0.3 is 11.1 Å². The van der Waals surface area contributed by atoms with Crippen LogP contribution >= 0.6 is 12.2 Å². The Balaban J connectivity index is 1.90. The molecule has 0 aliphatic rings. The van der Waals surface area contributed by atoms with Crippen molar-refractivity contribution >= 4 is 22.9 Å². The Kier molecular flexibility index (Phi) is 4.57. The third-order valence-electron chi connectivity index (χ3n) is 2.68. The number of hydrogen-bond donors (Lipinski definition) is 2. The molecule has 0 radical (unpaired) electrons. The van der Waals surface area contributed by atoms with Crippen LogP contribution in [-0.2, 0) is 6.42 Å². The van der Waals surface area contributed by atoms with E-state index in [4.69, 9.17) is 18.0 Å². The van der Waals surface area contributed by atoms with Gasteiger partial charge in [-0.2, -0.15) is 0 Å². The average molecular weight is 293 g/mol. The third-order valence-corrected chi connectivity index (χ3v) is 2.89. The van der Waals surface area contributed by atoms with Crippen LogP contribution in [0.1, 0.15) is 11.3 Å². The van der Waals surface area contributed by atoms with Crippen molar-refractivity contribution in [3.05, 3.63) is 59.4 Å². The molecule has 0 spiro atoms. The van der Waals surface area contributed by atoms with Crippen molar-refractivity contribution in [1.29, 1.82) is 0 Å². The maximum atomic E-state index is 13.0. The van der Waals surface area contributed by atoms with E-state index < -0.39 is 11.6 Å². The Bertz CT molecular complexity index is 594. The summed E-state index contributed by atoms with van der Waals surface area (Å²) in [7, 11) is 0. The predicted molar refractivity (Wildman–Crippen MR) is 78.7 cm³/mol. The van der Waals surface area contributed by atoms with Crippen LogP contribution in [0.15, 0.2) is 36.5 Å². The van der Waals surface area contributed by atoms with E-state index in [1.807, 2.05) is 0 Å². The molecule has 0 atom stereocenters. The lowest BCUT2D eigenvalue weighted by atomic mass is 10.1. The van der Waals surface area contributed by atoms with E-state index in [-0.39, 0.29) is 4.99 Å². The molecular formula is C14H13F2N3S. The Labute approximate surface area is 120 Å². The molecule has 0 fully saturated rings. The first-order chi connectivity index (χ1) is 9.54. The largest absolute Gasteiger partial charge is 0.388 e. The number of hydrogen-bond acceptors (Lipinski definition) is 3. The van der Waals surface area contributed by atoms with E-state index in [2.05, 4.69) is 10.3 Å². The molecule has 0 bridgehead atoms. The predicted octanol–water partition coefficient (Wildman–Crippen LogP) is 2.65. The lowest BCUT2D eigenvalue weighted by molar-refractivity contribution is 0.580. The highest BCUT2D eigenvalue weighted by Crippen LogP contribution is 2.10. The van der Waals surface area contributed by atoms with Gasteiger partial charge in [-0.15, -0.1) is 0 Å². The summed E-state index contributed by atoms with van der Waals surface area (Å²) in [5.41, 5.74) is 7.39. The lowest BCUT2D eigenvalue weighted by Gasteiger charge is -2.07. The summed E-state index contributed by atoms with van der Waals surface area (Å²) in [6, 6.07) is 7.01. The second-order valence-corrected chi connectivity index (χ2v) is 4.69. The van der Waals surface area contributed by atoms with Crippen LogP contribution in [0.5, 0.6) is 0 Å². The van der Waals surface area contributed by atoms with Crippen molar-refractivity contribution in [3.63, 3.8) is 0 Å². The van der Waals surface area contributed by atoms with Crippen molar-refractivity contribution in [2.45, 2.75) is 6.42 Å². The highest BCUT2D eigenvalue weighted by Gasteiger charge is 2.01. The van der Waals surface area contributed by atoms with Crippen molar-refractivity contribution in [2.75, 3.05) is 11.9 Å². The molecule has 0 aliphatic heterocycles. The Morgan fingerprint density at radius 2 is 1.90 bits per heavy atom. The van der Waals surface area contributed by atoms with Crippen LogP contribution in [0, 0.1) is 11.6 Å². The zero-order valence-electron chi connectivity index (χ0n) is 10.6. The minimum Gasteiger partial charge on any atom is -0.388 e. The van der Waals surface area contributed by atoms with Crippen LogP contribution in [0.25, 0.3) is 0 Å². The van der Waals surface area contributed by atoms with Crippen LogP contribution in [0.4, 0.5) is 14.5 Å². The molecule has 0 saturated carbocycles. The second kappa shape index (κ2) is 6.38. The monoisotopic (exact) mass is 293 g/mol. The van der Waals surface area contributed by atoms with Crippen molar-refractivity contribution in [1.82, 2.24) is 4.98 Å². The highest BCUT2D eigenvalue weighted by molar-refractivity contribution is 7.80. The first-order valence-electron chi connectivity index (χ1n) is 5.99. The number of pyridine rings is 1. The molecule has 0 saturated heterocycles. The summed E-state index contributed by atoms with van der Waals surface area (Å²) in [6.07, 6.45) is 2.12. The van der Waals surface area contributed by atoms with Gasteiger partial charge in [0.15, 0.2) is 0 Å². The zero-order valence-corrected chi connectivity index (χ0v) is 11.4. The summed E-state index contributed by atoms with van der Waals surface area (Å²) >= 11 is 4.80. The Hall–Kier alpha value is -2.08. The molecular weight excluding hydrogens is 280 g/mol. The molecule has 0 amide bonds. The fraction of sp³-hybridized carbons (Fsp3) is 0.143. The van der Waals surface area contributed by atoms with Gasteiger partial charge in [0.2, 0.25) is 0 Å². The fourth-order valence-corrected chi connectivity index (χ4v) is 1.87. The van der Waals surface area contributed by atoms with E-state index in [0.717, 1.165) is 11.8 Å². The molecule has 1 heterocycles. The summed E-state index contributed by atoms with van der Waals surface area (Å²) in [5, 5.41) is 3.11. The average Bonchev–Trinajstić information content (AvgIpc) is 2.38. The summed E-state index contributed by atoms with van der Waals surface area (Å²) in [4.78, 5) is 4.33. The summed E-state index contributed by atoms with van der Waals surface area (Å²) in [6.45, 7) is 0.539. The first kappa shape index (κ1) is 14.3. The van der Waals surface area contributed by atoms with Crippen molar-refractivity contribution in [3.8, 4) is 0 Å². The maximum Gasteiger partial charge on any atom is 0.126 e. The topological polar surface area (TPSA) is 50.9 Å². The number of benzene rings is 1. The van der Waals surface area contributed by atoms with Gasteiger partial charge in [-0.05, 0) is 36.2 Å². The summed E-state index contributed by atoms with van der Waals surface area (Å²) in [5.74, 6) is -1.13. The molecule has 2 aromatic rings. The molecule has 2 rings (SSSR count). The van der Waals surface area contributed by atoms with Gasteiger partial charge in [0.25, 0.3) is 0 Å². The molecule has 104 valence electrons. The minimum absolute atomic E-state index is 0.242. The number of aromatic nitrogens is 1. The standard InChI is InChI=1S/C14H13F2N3S/c15-10-5-9(6-11(16)7-10)3-4-18-12-1-2-13(14(17)20)19-8-12/h1-2,5-8,18H,3-4H2,(H2,17,20). The quantitative estimate of drug-likeness (QED) is 0.832. The van der Waals surface area contributed by atoms with E-state index in [0.29, 0.717) is 24.2 Å². The second-order valence-electron chi connectivity index (χ2n) is 4.25. The fourth-order valence-electron chi connectivity index (χ4n) is 1.75. The van der Waals surface area contributed by atoms with E-state index in [9.17, 15) is 8.78 Å².